The van der Waals surface area contributed by atoms with Gasteiger partial charge < -0.3 is 10.4 Å². The Kier molecular flexibility index (Phi) is 3.68. The molecule has 1 saturated heterocycles. The van der Waals surface area contributed by atoms with Crippen LogP contribution in [0.1, 0.15) is 51.9 Å². The topological polar surface area (TPSA) is 32.3 Å². The van der Waals surface area contributed by atoms with Crippen LogP contribution in [0.4, 0.5) is 0 Å². The fourth-order valence-corrected chi connectivity index (χ4v) is 3.63. The van der Waals surface area contributed by atoms with Gasteiger partial charge in [0, 0.05) is 6.54 Å². The minimum atomic E-state index is -0.390. The smallest absolute Gasteiger partial charge is 0.0802 e. The summed E-state index contributed by atoms with van der Waals surface area (Å²) in [5.74, 6) is 1.33. The van der Waals surface area contributed by atoms with Crippen molar-refractivity contribution < 1.29 is 5.11 Å². The summed E-state index contributed by atoms with van der Waals surface area (Å²) in [5, 5.41) is 14.1. The van der Waals surface area contributed by atoms with Gasteiger partial charge in [0.2, 0.25) is 0 Å². The molecule has 0 amide bonds. The van der Waals surface area contributed by atoms with Crippen LogP contribution in [0.3, 0.4) is 0 Å². The lowest BCUT2D eigenvalue weighted by Crippen LogP contribution is -2.53. The van der Waals surface area contributed by atoms with Gasteiger partial charge in [0.05, 0.1) is 5.60 Å². The Morgan fingerprint density at radius 3 is 2.73 bits per heavy atom. The minimum Gasteiger partial charge on any atom is -0.388 e. The second-order valence-electron chi connectivity index (χ2n) is 5.44. The second-order valence-corrected chi connectivity index (χ2v) is 5.44. The molecule has 15 heavy (non-hydrogen) atoms. The van der Waals surface area contributed by atoms with E-state index in [1.54, 1.807) is 0 Å². The molecule has 0 spiro atoms. The molecule has 0 bridgehead atoms. The normalized spacial score (nSPS) is 42.8. The van der Waals surface area contributed by atoms with Gasteiger partial charge in [-0.15, -0.1) is 0 Å². The highest BCUT2D eigenvalue weighted by Crippen LogP contribution is 2.41. The van der Waals surface area contributed by atoms with Gasteiger partial charge in [-0.2, -0.15) is 0 Å². The maximum absolute atomic E-state index is 10.7. The van der Waals surface area contributed by atoms with Gasteiger partial charge >= 0.3 is 0 Å². The first kappa shape index (κ1) is 11.4. The van der Waals surface area contributed by atoms with Crippen molar-refractivity contribution in [2.75, 3.05) is 13.1 Å². The van der Waals surface area contributed by atoms with E-state index in [9.17, 15) is 5.11 Å². The summed E-state index contributed by atoms with van der Waals surface area (Å²) in [6, 6.07) is 0. The highest BCUT2D eigenvalue weighted by Gasteiger charge is 2.42. The predicted octanol–water partition coefficient (Wildman–Crippen LogP) is 2.32. The van der Waals surface area contributed by atoms with Crippen LogP contribution >= 0.6 is 0 Å². The Labute approximate surface area is 93.5 Å². The standard InChI is InChI=1S/C13H25NO/c1-2-11-6-3-4-7-12(11)13(15)8-5-9-14-10-13/h11-12,14-15H,2-10H2,1H3. The first-order chi connectivity index (χ1) is 7.26. The van der Waals surface area contributed by atoms with Crippen molar-refractivity contribution in [2.45, 2.75) is 57.5 Å². The fraction of sp³-hybridized carbons (Fsp3) is 1.00. The molecule has 1 saturated carbocycles. The van der Waals surface area contributed by atoms with Gasteiger partial charge in [-0.3, -0.25) is 0 Å². The van der Waals surface area contributed by atoms with Crippen molar-refractivity contribution in [1.82, 2.24) is 5.32 Å². The zero-order valence-corrected chi connectivity index (χ0v) is 9.97. The highest BCUT2D eigenvalue weighted by molar-refractivity contribution is 4.95. The summed E-state index contributed by atoms with van der Waals surface area (Å²) in [5.41, 5.74) is -0.390. The van der Waals surface area contributed by atoms with Gasteiger partial charge in [0.15, 0.2) is 0 Å². The molecule has 2 nitrogen and oxygen atoms in total. The molecule has 0 radical (unpaired) electrons. The van der Waals surface area contributed by atoms with Crippen LogP contribution in [0.15, 0.2) is 0 Å². The van der Waals surface area contributed by atoms with E-state index in [0.717, 1.165) is 31.8 Å². The Hall–Kier alpha value is -0.0800. The summed E-state index contributed by atoms with van der Waals surface area (Å²) in [6.45, 7) is 4.20. The lowest BCUT2D eigenvalue weighted by atomic mass is 9.67. The molecule has 2 N–H and O–H groups in total. The third-order valence-corrected chi connectivity index (χ3v) is 4.52. The molecule has 1 heterocycles. The first-order valence-corrected chi connectivity index (χ1v) is 6.69. The Bertz CT molecular complexity index is 199. The van der Waals surface area contributed by atoms with Crippen LogP contribution in [0.25, 0.3) is 0 Å². The van der Waals surface area contributed by atoms with E-state index >= 15 is 0 Å². The number of β-amino-alcohol motifs (C(OH)–C–C–N with tert-alkyl or cyclic N) is 1. The molecule has 1 aliphatic carbocycles. The van der Waals surface area contributed by atoms with E-state index in [1.165, 1.54) is 32.1 Å². The largest absolute Gasteiger partial charge is 0.388 e. The predicted molar refractivity (Wildman–Crippen MR) is 62.8 cm³/mol. The molecule has 0 aromatic rings. The number of piperidine rings is 1. The van der Waals surface area contributed by atoms with Crippen molar-refractivity contribution in [1.29, 1.82) is 0 Å². The van der Waals surface area contributed by atoms with Gasteiger partial charge in [-0.1, -0.05) is 32.6 Å². The molecular formula is C13H25NO. The molecule has 3 atom stereocenters. The summed E-state index contributed by atoms with van der Waals surface area (Å²) in [6.07, 6.45) is 8.68. The number of rotatable bonds is 2. The third-order valence-electron chi connectivity index (χ3n) is 4.52. The summed E-state index contributed by atoms with van der Waals surface area (Å²) in [7, 11) is 0. The SMILES string of the molecule is CCC1CCCCC1C1(O)CCCNC1. The van der Waals surface area contributed by atoms with Crippen LogP contribution in [-0.4, -0.2) is 23.8 Å². The first-order valence-electron chi connectivity index (χ1n) is 6.69. The monoisotopic (exact) mass is 211 g/mol. The van der Waals surface area contributed by atoms with Crippen LogP contribution < -0.4 is 5.32 Å². The van der Waals surface area contributed by atoms with Gasteiger partial charge in [-0.05, 0) is 37.6 Å². The molecule has 1 aliphatic heterocycles. The van der Waals surface area contributed by atoms with Crippen molar-refractivity contribution in [3.63, 3.8) is 0 Å². The van der Waals surface area contributed by atoms with E-state index in [1.807, 2.05) is 0 Å². The molecule has 2 fully saturated rings. The van der Waals surface area contributed by atoms with Crippen molar-refractivity contribution >= 4 is 0 Å². The van der Waals surface area contributed by atoms with Gasteiger partial charge in [-0.25, -0.2) is 0 Å². The average molecular weight is 211 g/mol. The number of nitrogens with one attached hydrogen (secondary N) is 1. The van der Waals surface area contributed by atoms with Crippen LogP contribution in [0, 0.1) is 11.8 Å². The van der Waals surface area contributed by atoms with E-state index < -0.39 is 0 Å². The molecule has 88 valence electrons. The maximum Gasteiger partial charge on any atom is 0.0802 e. The van der Waals surface area contributed by atoms with Crippen molar-refractivity contribution in [3.05, 3.63) is 0 Å². The molecule has 0 aromatic heterocycles. The lowest BCUT2D eigenvalue weighted by Gasteiger charge is -2.45. The zero-order chi connectivity index (χ0) is 10.7. The van der Waals surface area contributed by atoms with Gasteiger partial charge in [0.1, 0.15) is 0 Å². The van der Waals surface area contributed by atoms with E-state index in [2.05, 4.69) is 12.2 Å². The summed E-state index contributed by atoms with van der Waals surface area (Å²) in [4.78, 5) is 0. The van der Waals surface area contributed by atoms with Crippen LogP contribution in [0.5, 0.6) is 0 Å². The minimum absolute atomic E-state index is 0.390. The van der Waals surface area contributed by atoms with E-state index in [-0.39, 0.29) is 5.60 Å². The summed E-state index contributed by atoms with van der Waals surface area (Å²) < 4.78 is 0. The Morgan fingerprint density at radius 2 is 2.07 bits per heavy atom. The molecule has 2 aliphatic rings. The van der Waals surface area contributed by atoms with Crippen molar-refractivity contribution in [3.8, 4) is 0 Å². The number of hydrogen-bond acceptors (Lipinski definition) is 2. The Morgan fingerprint density at radius 1 is 1.27 bits per heavy atom. The number of aliphatic hydroxyl groups is 1. The summed E-state index contributed by atoms with van der Waals surface area (Å²) >= 11 is 0. The molecule has 3 unspecified atom stereocenters. The fourth-order valence-electron chi connectivity index (χ4n) is 3.63. The Balaban J connectivity index is 2.04. The van der Waals surface area contributed by atoms with Gasteiger partial charge in [0.25, 0.3) is 0 Å². The van der Waals surface area contributed by atoms with E-state index in [0.29, 0.717) is 5.92 Å². The molecular weight excluding hydrogens is 186 g/mol. The van der Waals surface area contributed by atoms with E-state index in [4.69, 9.17) is 0 Å². The second kappa shape index (κ2) is 4.84. The molecule has 2 heteroatoms. The quantitative estimate of drug-likeness (QED) is 0.734. The van der Waals surface area contributed by atoms with Crippen LogP contribution in [0.2, 0.25) is 0 Å². The van der Waals surface area contributed by atoms with Crippen LogP contribution in [-0.2, 0) is 0 Å². The molecule has 2 rings (SSSR count). The zero-order valence-electron chi connectivity index (χ0n) is 9.97. The van der Waals surface area contributed by atoms with Crippen molar-refractivity contribution in [2.24, 2.45) is 11.8 Å². The lowest BCUT2D eigenvalue weighted by molar-refractivity contribution is -0.0728. The molecule has 0 aromatic carbocycles. The maximum atomic E-state index is 10.7. The number of hydrogen-bond donors (Lipinski definition) is 2. The average Bonchev–Trinajstić information content (AvgIpc) is 2.30. The highest BCUT2D eigenvalue weighted by atomic mass is 16.3. The third kappa shape index (κ3) is 2.36.